The van der Waals surface area contributed by atoms with E-state index in [4.69, 9.17) is 9.47 Å². The zero-order valence-corrected chi connectivity index (χ0v) is 8.16. The minimum Gasteiger partial charge on any atom is -0.462 e. The van der Waals surface area contributed by atoms with Crippen molar-refractivity contribution < 1.29 is 14.3 Å². The van der Waals surface area contributed by atoms with Crippen molar-refractivity contribution in [1.82, 2.24) is 0 Å². The SMILES string of the molecule is CC=CC(=O)OCCC1OCC1C. The van der Waals surface area contributed by atoms with E-state index in [0.29, 0.717) is 18.6 Å². The molecule has 0 N–H and O–H groups in total. The molecule has 0 amide bonds. The van der Waals surface area contributed by atoms with Crippen LogP contribution in [-0.4, -0.2) is 25.3 Å². The molecule has 1 aliphatic rings. The maximum Gasteiger partial charge on any atom is 0.330 e. The number of carbonyl (C=O) groups is 1. The minimum atomic E-state index is -0.269. The molecule has 2 atom stereocenters. The summed E-state index contributed by atoms with van der Waals surface area (Å²) in [6.07, 6.45) is 4.19. The zero-order valence-electron chi connectivity index (χ0n) is 8.16. The van der Waals surface area contributed by atoms with E-state index in [1.54, 1.807) is 13.0 Å². The Hall–Kier alpha value is -0.830. The molecular weight excluding hydrogens is 168 g/mol. The molecule has 3 nitrogen and oxygen atoms in total. The molecule has 0 aromatic rings. The van der Waals surface area contributed by atoms with Crippen LogP contribution in [-0.2, 0) is 14.3 Å². The van der Waals surface area contributed by atoms with Crippen LogP contribution >= 0.6 is 0 Å². The van der Waals surface area contributed by atoms with Crippen molar-refractivity contribution in [2.24, 2.45) is 5.92 Å². The maximum atomic E-state index is 10.9. The summed E-state index contributed by atoms with van der Waals surface area (Å²) in [4.78, 5) is 10.9. The first-order chi connectivity index (χ1) is 6.24. The Labute approximate surface area is 78.7 Å². The summed E-state index contributed by atoms with van der Waals surface area (Å²) in [5.74, 6) is 0.342. The molecule has 0 aromatic heterocycles. The van der Waals surface area contributed by atoms with E-state index in [0.717, 1.165) is 13.0 Å². The molecule has 0 bridgehead atoms. The average Bonchev–Trinajstić information content (AvgIpc) is 2.10. The number of hydrogen-bond acceptors (Lipinski definition) is 3. The summed E-state index contributed by atoms with van der Waals surface area (Å²) in [6.45, 7) is 5.23. The van der Waals surface area contributed by atoms with E-state index in [-0.39, 0.29) is 5.97 Å². The molecule has 1 aliphatic heterocycles. The van der Waals surface area contributed by atoms with Crippen LogP contribution in [0, 0.1) is 5.92 Å². The van der Waals surface area contributed by atoms with Gasteiger partial charge in [0, 0.05) is 18.4 Å². The number of rotatable bonds is 4. The van der Waals surface area contributed by atoms with E-state index in [1.807, 2.05) is 0 Å². The van der Waals surface area contributed by atoms with E-state index < -0.39 is 0 Å². The second-order valence-electron chi connectivity index (χ2n) is 3.31. The van der Waals surface area contributed by atoms with Gasteiger partial charge in [0.05, 0.1) is 19.3 Å². The topological polar surface area (TPSA) is 35.5 Å². The van der Waals surface area contributed by atoms with Gasteiger partial charge in [-0.1, -0.05) is 13.0 Å². The Balaban J connectivity index is 2.03. The van der Waals surface area contributed by atoms with Crippen molar-refractivity contribution in [3.8, 4) is 0 Å². The molecule has 1 rings (SSSR count). The number of hydrogen-bond donors (Lipinski definition) is 0. The third kappa shape index (κ3) is 3.19. The van der Waals surface area contributed by atoms with Gasteiger partial charge < -0.3 is 9.47 Å². The van der Waals surface area contributed by atoms with Gasteiger partial charge in [-0.05, 0) is 6.92 Å². The summed E-state index contributed by atoms with van der Waals surface area (Å²) >= 11 is 0. The molecule has 2 unspecified atom stereocenters. The second kappa shape index (κ2) is 5.02. The summed E-state index contributed by atoms with van der Waals surface area (Å²) in [5.41, 5.74) is 0. The van der Waals surface area contributed by atoms with Gasteiger partial charge in [-0.2, -0.15) is 0 Å². The van der Waals surface area contributed by atoms with Crippen molar-refractivity contribution in [1.29, 1.82) is 0 Å². The third-order valence-corrected chi connectivity index (χ3v) is 2.16. The highest BCUT2D eigenvalue weighted by molar-refractivity contribution is 5.81. The first-order valence-electron chi connectivity index (χ1n) is 4.65. The first-order valence-corrected chi connectivity index (χ1v) is 4.65. The van der Waals surface area contributed by atoms with Gasteiger partial charge in [0.1, 0.15) is 0 Å². The number of allylic oxidation sites excluding steroid dienone is 1. The summed E-state index contributed by atoms with van der Waals surface area (Å²) in [5, 5.41) is 0. The molecule has 0 spiro atoms. The number of esters is 1. The lowest BCUT2D eigenvalue weighted by Crippen LogP contribution is -2.38. The van der Waals surface area contributed by atoms with Crippen LogP contribution in [0.2, 0.25) is 0 Å². The normalized spacial score (nSPS) is 27.2. The van der Waals surface area contributed by atoms with Crippen molar-refractivity contribution in [2.45, 2.75) is 26.4 Å². The Morgan fingerprint density at radius 3 is 2.92 bits per heavy atom. The summed E-state index contributed by atoms with van der Waals surface area (Å²) in [6, 6.07) is 0. The van der Waals surface area contributed by atoms with E-state index in [1.165, 1.54) is 6.08 Å². The summed E-state index contributed by atoms with van der Waals surface area (Å²) in [7, 11) is 0. The standard InChI is InChI=1S/C10H16O3/c1-3-4-10(11)12-6-5-9-8(2)7-13-9/h3-4,8-9H,5-7H2,1-2H3. The Bertz CT molecular complexity index is 198. The third-order valence-electron chi connectivity index (χ3n) is 2.16. The fourth-order valence-corrected chi connectivity index (χ4v) is 1.25. The first kappa shape index (κ1) is 10.3. The molecule has 13 heavy (non-hydrogen) atoms. The molecular formula is C10H16O3. The van der Waals surface area contributed by atoms with Gasteiger partial charge in [-0.25, -0.2) is 4.79 Å². The van der Waals surface area contributed by atoms with E-state index in [2.05, 4.69) is 6.92 Å². The Morgan fingerprint density at radius 1 is 1.69 bits per heavy atom. The van der Waals surface area contributed by atoms with Crippen LogP contribution in [0.15, 0.2) is 12.2 Å². The quantitative estimate of drug-likeness (QED) is 0.491. The molecule has 1 fully saturated rings. The predicted molar refractivity (Wildman–Crippen MR) is 49.3 cm³/mol. The van der Waals surface area contributed by atoms with Crippen molar-refractivity contribution in [2.75, 3.05) is 13.2 Å². The van der Waals surface area contributed by atoms with Crippen LogP contribution in [0.5, 0.6) is 0 Å². The van der Waals surface area contributed by atoms with Crippen LogP contribution in [0.1, 0.15) is 20.3 Å². The summed E-state index contributed by atoms with van der Waals surface area (Å²) < 4.78 is 10.2. The highest BCUT2D eigenvalue weighted by Crippen LogP contribution is 2.22. The van der Waals surface area contributed by atoms with Gasteiger partial charge in [-0.3, -0.25) is 0 Å². The molecule has 74 valence electrons. The Kier molecular flexibility index (Phi) is 3.96. The molecule has 0 aliphatic carbocycles. The fourth-order valence-electron chi connectivity index (χ4n) is 1.25. The number of carbonyl (C=O) groups excluding carboxylic acids is 1. The molecule has 0 radical (unpaired) electrons. The molecule has 1 saturated heterocycles. The van der Waals surface area contributed by atoms with Gasteiger partial charge in [0.15, 0.2) is 0 Å². The lowest BCUT2D eigenvalue weighted by molar-refractivity contribution is -0.144. The second-order valence-corrected chi connectivity index (χ2v) is 3.31. The van der Waals surface area contributed by atoms with Crippen LogP contribution in [0.3, 0.4) is 0 Å². The lowest BCUT2D eigenvalue weighted by atomic mass is 9.98. The van der Waals surface area contributed by atoms with Gasteiger partial charge >= 0.3 is 5.97 Å². The van der Waals surface area contributed by atoms with Crippen molar-refractivity contribution in [3.05, 3.63) is 12.2 Å². The van der Waals surface area contributed by atoms with Crippen LogP contribution < -0.4 is 0 Å². The molecule has 3 heteroatoms. The van der Waals surface area contributed by atoms with Crippen LogP contribution in [0.25, 0.3) is 0 Å². The van der Waals surface area contributed by atoms with E-state index >= 15 is 0 Å². The smallest absolute Gasteiger partial charge is 0.330 e. The fraction of sp³-hybridized carbons (Fsp3) is 0.700. The zero-order chi connectivity index (χ0) is 9.68. The number of ether oxygens (including phenoxy) is 2. The highest BCUT2D eigenvalue weighted by atomic mass is 16.5. The highest BCUT2D eigenvalue weighted by Gasteiger charge is 2.27. The Morgan fingerprint density at radius 2 is 2.46 bits per heavy atom. The van der Waals surface area contributed by atoms with Gasteiger partial charge in [-0.15, -0.1) is 0 Å². The maximum absolute atomic E-state index is 10.9. The molecule has 1 heterocycles. The van der Waals surface area contributed by atoms with Gasteiger partial charge in [0.2, 0.25) is 0 Å². The monoisotopic (exact) mass is 184 g/mol. The average molecular weight is 184 g/mol. The lowest BCUT2D eigenvalue weighted by Gasteiger charge is -2.33. The van der Waals surface area contributed by atoms with Crippen LogP contribution in [0.4, 0.5) is 0 Å². The minimum absolute atomic E-state index is 0.269. The molecule has 0 aromatic carbocycles. The van der Waals surface area contributed by atoms with Crippen molar-refractivity contribution >= 4 is 5.97 Å². The molecule has 0 saturated carbocycles. The largest absolute Gasteiger partial charge is 0.462 e. The van der Waals surface area contributed by atoms with Crippen molar-refractivity contribution in [3.63, 3.8) is 0 Å². The van der Waals surface area contributed by atoms with E-state index in [9.17, 15) is 4.79 Å². The predicted octanol–water partition coefficient (Wildman–Crippen LogP) is 1.53. The van der Waals surface area contributed by atoms with Gasteiger partial charge in [0.25, 0.3) is 0 Å².